The molecule has 0 unspecified atom stereocenters. The lowest BCUT2D eigenvalue weighted by Crippen LogP contribution is -2.53. The maximum absolute atomic E-state index is 14.7. The van der Waals surface area contributed by atoms with E-state index in [0.29, 0.717) is 90.1 Å². The number of ketones is 9. The Kier molecular flexibility index (Phi) is 67.8. The number of Topliss-reactive ketones (excluding diaryl/α,β-unsaturated/α-hetero) is 9. The van der Waals surface area contributed by atoms with Gasteiger partial charge in [0.2, 0.25) is 65.0 Å². The van der Waals surface area contributed by atoms with Gasteiger partial charge in [-0.15, -0.1) is 0 Å². The van der Waals surface area contributed by atoms with Crippen molar-refractivity contribution >= 4 is 117 Å². The number of nitrogens with two attached hydrogens (primary N) is 6. The molecule has 820 valence electrons. The van der Waals surface area contributed by atoms with Crippen LogP contribution in [-0.2, 0) is 95.9 Å². The van der Waals surface area contributed by atoms with Crippen LogP contribution in [0.4, 0.5) is 0 Å². The molecule has 19 atom stereocenters. The summed E-state index contributed by atoms with van der Waals surface area (Å²) in [5, 5.41) is 28.2. The monoisotopic (exact) mass is 2020 g/mol. The molecule has 0 aromatic carbocycles. The number of carbonyl (C=O) groups excluding carboxylic acids is 20. The Balaban J connectivity index is 6.84. The molecular weight excluding hydrogens is 1830 g/mol. The average molecular weight is 2020 g/mol. The van der Waals surface area contributed by atoms with Gasteiger partial charge in [0.15, 0.2) is 52.0 Å². The Bertz CT molecular complexity index is 4000. The number of hydrogen-bond acceptors (Lipinski definition) is 25. The van der Waals surface area contributed by atoms with Crippen LogP contribution in [0, 0.1) is 101 Å². The molecule has 0 saturated carbocycles. The first-order chi connectivity index (χ1) is 66.9. The first kappa shape index (κ1) is 134. The first-order valence-corrected chi connectivity index (χ1v) is 53.4. The van der Waals surface area contributed by atoms with Crippen molar-refractivity contribution in [2.24, 2.45) is 135 Å². The summed E-state index contributed by atoms with van der Waals surface area (Å²) in [5.41, 5.74) is 34.7. The fraction of sp³-hybridized carbons (Fsp3) is 0.813. The molecule has 0 heterocycles. The van der Waals surface area contributed by atoms with Crippen LogP contribution in [-0.4, -0.2) is 210 Å². The topological polar surface area (TPSA) is 618 Å². The molecule has 0 spiro atoms. The predicted molar refractivity (Wildman–Crippen MR) is 556 cm³/mol. The number of carbonyl (C=O) groups is 20. The van der Waals surface area contributed by atoms with E-state index >= 15 is 0 Å². The molecule has 0 saturated heterocycles. The van der Waals surface area contributed by atoms with Crippen molar-refractivity contribution in [1.82, 2.24) is 53.2 Å². The number of hydrogen-bond donors (Lipinski definition) is 16. The van der Waals surface area contributed by atoms with Gasteiger partial charge in [0.1, 0.15) is 6.04 Å². The number of nitrogens with one attached hydrogen (secondary N) is 10. The highest BCUT2D eigenvalue weighted by Crippen LogP contribution is 2.29. The Morgan fingerprint density at radius 3 is 0.671 bits per heavy atom. The summed E-state index contributed by atoms with van der Waals surface area (Å²) in [7, 11) is 0. The van der Waals surface area contributed by atoms with Gasteiger partial charge in [0.05, 0.1) is 54.4 Å². The van der Waals surface area contributed by atoms with Crippen LogP contribution in [0.5, 0.6) is 0 Å². The molecule has 0 radical (unpaired) electrons. The molecule has 22 N–H and O–H groups in total. The van der Waals surface area contributed by atoms with Crippen molar-refractivity contribution in [2.75, 3.05) is 32.7 Å². The number of unbranched alkanes of at least 4 members (excludes halogenated alkanes) is 5. The third-order valence-corrected chi connectivity index (χ3v) is 26.0. The van der Waals surface area contributed by atoms with Crippen LogP contribution in [0.2, 0.25) is 0 Å². The van der Waals surface area contributed by atoms with Gasteiger partial charge >= 0.3 is 0 Å². The summed E-state index contributed by atoms with van der Waals surface area (Å²) < 4.78 is 0. The van der Waals surface area contributed by atoms with Crippen LogP contribution < -0.4 is 87.6 Å². The predicted octanol–water partition coefficient (Wildman–Crippen LogP) is 8.65. The highest BCUT2D eigenvalue weighted by molar-refractivity contribution is 6.02. The second-order valence-corrected chi connectivity index (χ2v) is 44.1. The molecule has 0 aliphatic carbocycles. The molecule has 11 amide bonds. The lowest BCUT2D eigenvalue weighted by atomic mass is 9.86. The molecule has 0 aliphatic rings. The van der Waals surface area contributed by atoms with Crippen molar-refractivity contribution < 1.29 is 95.9 Å². The standard InChI is InChI=1S/C107H192N16O20/c1-61(2)44-77(56-90(126)74(22)116-104(140)80(47-64(7)8)59-95(131)84(37-27-32-42-111)119-106(142)78(45-62(3)4)57-91(127)73(21)115-103(139)79(46-63(5)6)58-94(130)82(117-75(23)124)35-25-30-40-109)105(141)118-83(36-26-31-41-110)92(128)54-71(19)100(136)123-88(51-68(15)16)107(143)120-85(38-28-33-43-112)96(132)60-81(48-65(9)10)102(138)114-72(20)89(125)53-70(18)99(135)121-87(50-67(13)14)97(133)55-76(34-24-29-39-108)101(137)122-86(49-66(11)12)93(129)52-69(17)98(113)134/h61-74,76-88H,24-60,108-112H2,1-23H3,(H2,113,134)(H,114,138)(H,115,139)(H,116,140)(H,117,124)(H,118,141)(H,119,142)(H,120,143)(H,121,135)(H,122,137)(H,123,136)/t69-,70-,71-,72+,73+,74+,76-,77-,78-,79-,80-,81-,82+,83+,84+,85+,86+,87+,88+/m1/s1. The molecular formula is C107H192N16O20. The van der Waals surface area contributed by atoms with Gasteiger partial charge in [-0.3, -0.25) is 95.9 Å². The highest BCUT2D eigenvalue weighted by Gasteiger charge is 2.41. The smallest absolute Gasteiger partial charge is 0.243 e. The zero-order valence-electron chi connectivity index (χ0n) is 91.4. The van der Waals surface area contributed by atoms with Crippen LogP contribution in [0.25, 0.3) is 0 Å². The van der Waals surface area contributed by atoms with E-state index in [9.17, 15) is 95.9 Å². The van der Waals surface area contributed by atoms with Gasteiger partial charge in [-0.05, 0) is 242 Å². The van der Waals surface area contributed by atoms with E-state index in [0.717, 1.165) is 0 Å². The van der Waals surface area contributed by atoms with E-state index in [1.807, 2.05) is 111 Å². The average Bonchev–Trinajstić information content (AvgIpc) is 0.883. The fourth-order valence-corrected chi connectivity index (χ4v) is 17.8. The summed E-state index contributed by atoms with van der Waals surface area (Å²) in [6.45, 7) is 41.8. The molecule has 143 heavy (non-hydrogen) atoms. The first-order valence-electron chi connectivity index (χ1n) is 53.4. The SMILES string of the molecule is CC(=O)N[C@@H](CCCCN)C(=O)C[C@@H](CC(C)C)C(=O)N[C@@H](C)C(=O)C[C@@H](CC(C)C)C(=O)N[C@@H](CCCCN)C(=O)C[C@@H](CC(C)C)C(=O)N[C@@H](C)C(=O)C[C@@H](CC(C)C)C(=O)N[C@@H](CCCCN)C(=O)C[C@@H](C)C(=O)N[C@@H](CC(C)C)C(=O)N[C@@H](CCCCN)C(=O)C[C@@H](CC(C)C)C(=O)N[C@@H](C)C(=O)C[C@@H](C)C(=O)N[C@@H](CC(C)C)C(=O)C[C@@H](CCCCN)C(=O)N[C@@H](CC(C)C)C(=O)C[C@@H](C)C(N)=O. The number of rotatable bonds is 83. The van der Waals surface area contributed by atoms with Gasteiger partial charge in [0, 0.05) is 118 Å². The molecule has 0 bridgehead atoms. The molecule has 0 aliphatic heterocycles. The Hall–Kier alpha value is -9.00. The minimum Gasteiger partial charge on any atom is -0.369 e. The highest BCUT2D eigenvalue weighted by atomic mass is 16.2. The largest absolute Gasteiger partial charge is 0.369 e. The van der Waals surface area contributed by atoms with Crippen molar-refractivity contribution in [3.8, 4) is 0 Å². The van der Waals surface area contributed by atoms with Gasteiger partial charge in [0.25, 0.3) is 0 Å². The summed E-state index contributed by atoms with van der Waals surface area (Å²) in [4.78, 5) is 281. The quantitative estimate of drug-likeness (QED) is 0.0253. The van der Waals surface area contributed by atoms with Crippen LogP contribution >= 0.6 is 0 Å². The minimum absolute atomic E-state index is 0.0117. The van der Waals surface area contributed by atoms with Crippen molar-refractivity contribution in [2.45, 2.75) is 425 Å². The molecule has 0 aromatic rings. The van der Waals surface area contributed by atoms with E-state index in [-0.39, 0.29) is 206 Å². The maximum atomic E-state index is 14.7. The van der Waals surface area contributed by atoms with Gasteiger partial charge in [-0.25, -0.2) is 0 Å². The van der Waals surface area contributed by atoms with Crippen molar-refractivity contribution in [3.05, 3.63) is 0 Å². The molecule has 0 fully saturated rings. The third kappa shape index (κ3) is 57.1. The lowest BCUT2D eigenvalue weighted by Gasteiger charge is -2.27. The van der Waals surface area contributed by atoms with Crippen LogP contribution in [0.1, 0.15) is 365 Å². The van der Waals surface area contributed by atoms with Crippen molar-refractivity contribution in [3.63, 3.8) is 0 Å². The van der Waals surface area contributed by atoms with Gasteiger partial charge in [-0.1, -0.05) is 138 Å². The Morgan fingerprint density at radius 2 is 0.385 bits per heavy atom. The van der Waals surface area contributed by atoms with E-state index < -0.39 is 220 Å². The summed E-state index contributed by atoms with van der Waals surface area (Å²) in [5.74, 6) is -20.0. The number of amides is 11. The number of primary amides is 1. The van der Waals surface area contributed by atoms with E-state index in [1.54, 1.807) is 0 Å². The second-order valence-electron chi connectivity index (χ2n) is 44.1. The fourth-order valence-electron chi connectivity index (χ4n) is 17.8. The molecule has 36 heteroatoms. The lowest BCUT2D eigenvalue weighted by molar-refractivity contribution is -0.137. The van der Waals surface area contributed by atoms with E-state index in [1.165, 1.54) is 48.5 Å². The van der Waals surface area contributed by atoms with Gasteiger partial charge < -0.3 is 87.6 Å². The minimum atomic E-state index is -1.23. The van der Waals surface area contributed by atoms with Gasteiger partial charge in [-0.2, -0.15) is 0 Å². The van der Waals surface area contributed by atoms with E-state index in [2.05, 4.69) is 53.2 Å². The summed E-state index contributed by atoms with van der Waals surface area (Å²) in [6, 6.07) is -10.9. The zero-order chi connectivity index (χ0) is 109. The Labute approximate surface area is 854 Å². The zero-order valence-corrected chi connectivity index (χ0v) is 91.4. The second kappa shape index (κ2) is 72.3. The molecule has 0 rings (SSSR count). The normalized spacial score (nSPS) is 15.7. The van der Waals surface area contributed by atoms with Crippen LogP contribution in [0.15, 0.2) is 0 Å². The third-order valence-electron chi connectivity index (χ3n) is 26.0. The maximum Gasteiger partial charge on any atom is 0.243 e. The van der Waals surface area contributed by atoms with E-state index in [4.69, 9.17) is 34.4 Å². The van der Waals surface area contributed by atoms with Crippen LogP contribution in [0.3, 0.4) is 0 Å². The Morgan fingerprint density at radius 1 is 0.189 bits per heavy atom. The molecule has 0 aromatic heterocycles. The van der Waals surface area contributed by atoms with Crippen molar-refractivity contribution in [1.29, 1.82) is 0 Å². The summed E-state index contributed by atoms with van der Waals surface area (Å²) in [6.07, 6.45) is 4.83. The molecule has 36 nitrogen and oxygen atoms in total. The summed E-state index contributed by atoms with van der Waals surface area (Å²) >= 11 is 0.